The predicted molar refractivity (Wildman–Crippen MR) is 164 cm³/mol. The van der Waals surface area contributed by atoms with E-state index in [0.717, 1.165) is 46.5 Å². The molecule has 41 heavy (non-hydrogen) atoms. The molecule has 2 aromatic heterocycles. The molecule has 0 fully saturated rings. The SMILES string of the molecule is CCCC(Cc1ccccc1)Oc1nc(N(Cc2ccc(OC)cc2)Cc2ccc(OC)cc2)c2ncc(Br)n2n1. The number of halogens is 1. The van der Waals surface area contributed by atoms with Crippen molar-refractivity contribution in [2.24, 2.45) is 0 Å². The van der Waals surface area contributed by atoms with Gasteiger partial charge in [-0.15, -0.1) is 5.10 Å². The van der Waals surface area contributed by atoms with Gasteiger partial charge in [-0.05, 0) is 63.3 Å². The second-order valence-corrected chi connectivity index (χ2v) is 10.6. The molecule has 0 N–H and O–H groups in total. The number of methoxy groups -OCH3 is 2. The monoisotopic (exact) mass is 615 g/mol. The van der Waals surface area contributed by atoms with Crippen LogP contribution in [0.3, 0.4) is 0 Å². The maximum atomic E-state index is 6.49. The first kappa shape index (κ1) is 28.4. The number of ether oxygens (including phenoxy) is 3. The van der Waals surface area contributed by atoms with E-state index in [4.69, 9.17) is 24.3 Å². The Labute approximate surface area is 249 Å². The van der Waals surface area contributed by atoms with Crippen molar-refractivity contribution < 1.29 is 14.2 Å². The molecule has 1 unspecified atom stereocenters. The fraction of sp³-hybridized carbons (Fsp3) is 0.281. The van der Waals surface area contributed by atoms with E-state index in [1.54, 1.807) is 24.9 Å². The van der Waals surface area contributed by atoms with Gasteiger partial charge in [-0.2, -0.15) is 9.50 Å². The van der Waals surface area contributed by atoms with Crippen LogP contribution in [0.5, 0.6) is 17.5 Å². The molecule has 212 valence electrons. The van der Waals surface area contributed by atoms with Crippen LogP contribution in [0.4, 0.5) is 5.82 Å². The minimum absolute atomic E-state index is 0.0633. The van der Waals surface area contributed by atoms with Crippen LogP contribution < -0.4 is 19.1 Å². The number of aromatic nitrogens is 4. The molecular formula is C32H34BrN5O3. The van der Waals surface area contributed by atoms with Gasteiger partial charge in [0.2, 0.25) is 0 Å². The Bertz CT molecular complexity index is 1490. The van der Waals surface area contributed by atoms with Crippen LogP contribution in [0.15, 0.2) is 89.7 Å². The van der Waals surface area contributed by atoms with E-state index in [-0.39, 0.29) is 6.10 Å². The zero-order valence-corrected chi connectivity index (χ0v) is 25.1. The van der Waals surface area contributed by atoms with Crippen molar-refractivity contribution in [2.75, 3.05) is 19.1 Å². The summed E-state index contributed by atoms with van der Waals surface area (Å²) in [5.74, 6) is 2.31. The van der Waals surface area contributed by atoms with Crippen LogP contribution in [0.2, 0.25) is 0 Å². The Morgan fingerprint density at radius 1 is 0.829 bits per heavy atom. The van der Waals surface area contributed by atoms with Gasteiger partial charge in [-0.3, -0.25) is 0 Å². The Balaban J connectivity index is 1.52. The highest BCUT2D eigenvalue weighted by Crippen LogP contribution is 2.28. The summed E-state index contributed by atoms with van der Waals surface area (Å²) in [5, 5.41) is 4.72. The van der Waals surface area contributed by atoms with E-state index in [1.807, 2.05) is 30.3 Å². The number of hydrogen-bond acceptors (Lipinski definition) is 7. The lowest BCUT2D eigenvalue weighted by Gasteiger charge is -2.25. The van der Waals surface area contributed by atoms with Crippen LogP contribution in [0.1, 0.15) is 36.5 Å². The average Bonchev–Trinajstić information content (AvgIpc) is 3.38. The zero-order valence-electron chi connectivity index (χ0n) is 23.5. The number of fused-ring (bicyclic) bond motifs is 1. The van der Waals surface area contributed by atoms with E-state index >= 15 is 0 Å². The molecule has 0 aliphatic heterocycles. The summed E-state index contributed by atoms with van der Waals surface area (Å²) in [6, 6.07) is 26.8. The Morgan fingerprint density at radius 3 is 2.00 bits per heavy atom. The molecule has 0 saturated carbocycles. The highest BCUT2D eigenvalue weighted by molar-refractivity contribution is 9.10. The van der Waals surface area contributed by atoms with E-state index in [2.05, 4.69) is 81.3 Å². The van der Waals surface area contributed by atoms with Crippen LogP contribution in [-0.2, 0) is 19.5 Å². The van der Waals surface area contributed by atoms with Gasteiger partial charge in [-0.25, -0.2) is 4.98 Å². The summed E-state index contributed by atoms with van der Waals surface area (Å²) in [6.45, 7) is 3.35. The van der Waals surface area contributed by atoms with Crippen LogP contribution in [0.25, 0.3) is 5.65 Å². The molecule has 0 aliphatic rings. The van der Waals surface area contributed by atoms with Gasteiger partial charge >= 0.3 is 6.01 Å². The quantitative estimate of drug-likeness (QED) is 0.143. The first-order chi connectivity index (χ1) is 20.1. The van der Waals surface area contributed by atoms with E-state index in [0.29, 0.717) is 30.6 Å². The fourth-order valence-electron chi connectivity index (χ4n) is 4.74. The van der Waals surface area contributed by atoms with E-state index in [1.165, 1.54) is 5.56 Å². The molecule has 8 nitrogen and oxygen atoms in total. The first-order valence-electron chi connectivity index (χ1n) is 13.7. The predicted octanol–water partition coefficient (Wildman–Crippen LogP) is 6.90. The summed E-state index contributed by atoms with van der Waals surface area (Å²) in [6.07, 6.45) is 4.33. The van der Waals surface area contributed by atoms with Gasteiger partial charge in [0.05, 0.1) is 20.4 Å². The minimum Gasteiger partial charge on any atom is -0.497 e. The normalized spacial score (nSPS) is 11.8. The third-order valence-electron chi connectivity index (χ3n) is 6.84. The molecule has 2 heterocycles. The number of anilines is 1. The van der Waals surface area contributed by atoms with Gasteiger partial charge in [-0.1, -0.05) is 67.9 Å². The number of imidazole rings is 1. The molecule has 0 spiro atoms. The Kier molecular flexibility index (Phi) is 9.36. The molecule has 9 heteroatoms. The van der Waals surface area contributed by atoms with Gasteiger partial charge in [0.1, 0.15) is 22.2 Å². The van der Waals surface area contributed by atoms with Crippen molar-refractivity contribution >= 4 is 27.4 Å². The van der Waals surface area contributed by atoms with Crippen molar-refractivity contribution in [3.63, 3.8) is 0 Å². The lowest BCUT2D eigenvalue weighted by atomic mass is 10.0. The van der Waals surface area contributed by atoms with Crippen molar-refractivity contribution in [1.29, 1.82) is 0 Å². The lowest BCUT2D eigenvalue weighted by molar-refractivity contribution is 0.171. The summed E-state index contributed by atoms with van der Waals surface area (Å²) in [4.78, 5) is 11.8. The van der Waals surface area contributed by atoms with E-state index < -0.39 is 0 Å². The molecule has 3 aromatic carbocycles. The van der Waals surface area contributed by atoms with E-state index in [9.17, 15) is 0 Å². The van der Waals surface area contributed by atoms with Gasteiger partial charge in [0, 0.05) is 19.5 Å². The molecule has 5 aromatic rings. The van der Waals surface area contributed by atoms with Crippen molar-refractivity contribution in [3.8, 4) is 17.5 Å². The number of benzene rings is 3. The highest BCUT2D eigenvalue weighted by Gasteiger charge is 2.22. The number of hydrogen-bond donors (Lipinski definition) is 0. The zero-order chi connectivity index (χ0) is 28.6. The standard InChI is InChI=1S/C32H34BrN5O3/c1-4-8-28(19-23-9-6-5-7-10-23)41-32-35-31(30-34-20-29(33)38(30)36-32)37(21-24-11-15-26(39-2)16-12-24)22-25-13-17-27(40-3)18-14-25/h5-7,9-18,20,28H,4,8,19,21-22H2,1-3H3. The van der Waals surface area contributed by atoms with Crippen LogP contribution in [0, 0.1) is 0 Å². The second kappa shape index (κ2) is 13.5. The molecule has 1 atom stereocenters. The number of rotatable bonds is 13. The van der Waals surface area contributed by atoms with Crippen molar-refractivity contribution in [3.05, 3.63) is 106 Å². The summed E-state index contributed by atoms with van der Waals surface area (Å²) in [5.41, 5.74) is 4.08. The molecular weight excluding hydrogens is 582 g/mol. The first-order valence-corrected chi connectivity index (χ1v) is 14.5. The maximum Gasteiger partial charge on any atom is 0.336 e. The third kappa shape index (κ3) is 7.16. The average molecular weight is 617 g/mol. The van der Waals surface area contributed by atoms with Crippen molar-refractivity contribution in [1.82, 2.24) is 19.6 Å². The molecule has 0 radical (unpaired) electrons. The smallest absolute Gasteiger partial charge is 0.336 e. The molecule has 0 amide bonds. The van der Waals surface area contributed by atoms with Crippen LogP contribution in [-0.4, -0.2) is 39.9 Å². The lowest BCUT2D eigenvalue weighted by Crippen LogP contribution is -2.26. The highest BCUT2D eigenvalue weighted by atomic mass is 79.9. The van der Waals surface area contributed by atoms with Crippen LogP contribution >= 0.6 is 15.9 Å². The molecule has 0 aliphatic carbocycles. The topological polar surface area (TPSA) is 74.0 Å². The largest absolute Gasteiger partial charge is 0.497 e. The van der Waals surface area contributed by atoms with Gasteiger partial charge < -0.3 is 19.1 Å². The number of nitrogens with zero attached hydrogens (tertiary/aromatic N) is 5. The summed E-state index contributed by atoms with van der Waals surface area (Å²) in [7, 11) is 3.34. The maximum absolute atomic E-state index is 6.49. The summed E-state index contributed by atoms with van der Waals surface area (Å²) < 4.78 is 19.7. The Hall–Kier alpha value is -4.11. The van der Waals surface area contributed by atoms with Crippen molar-refractivity contribution in [2.45, 2.75) is 45.4 Å². The molecule has 0 bridgehead atoms. The fourth-order valence-corrected chi connectivity index (χ4v) is 5.09. The molecule has 5 rings (SSSR count). The third-order valence-corrected chi connectivity index (χ3v) is 7.38. The Morgan fingerprint density at radius 2 is 1.44 bits per heavy atom. The van der Waals surface area contributed by atoms with Gasteiger partial charge in [0.15, 0.2) is 11.5 Å². The minimum atomic E-state index is -0.0633. The second-order valence-electron chi connectivity index (χ2n) is 9.80. The van der Waals surface area contributed by atoms with Gasteiger partial charge in [0.25, 0.3) is 0 Å². The molecule has 0 saturated heterocycles. The summed E-state index contributed by atoms with van der Waals surface area (Å²) >= 11 is 3.61.